The number of hydrogen-bond donors (Lipinski definition) is 3. The normalized spacial score (nSPS) is 13.5. The lowest BCUT2D eigenvalue weighted by atomic mass is 9.91. The summed E-state index contributed by atoms with van der Waals surface area (Å²) in [6.45, 7) is 16.2. The number of carbonyl (C=O) groups excluding carboxylic acids is 4. The molecular weight excluding hydrogens is 448 g/mol. The van der Waals surface area contributed by atoms with Gasteiger partial charge in [0.15, 0.2) is 0 Å². The molecule has 35 heavy (non-hydrogen) atoms. The van der Waals surface area contributed by atoms with Crippen molar-refractivity contribution in [1.29, 1.82) is 0 Å². The Bertz CT molecular complexity index is 903. The number of amides is 4. The topological polar surface area (TPSA) is 131 Å². The summed E-state index contributed by atoms with van der Waals surface area (Å²) >= 11 is 0. The maximum atomic E-state index is 14.0. The second-order valence-electron chi connectivity index (χ2n) is 10.7. The summed E-state index contributed by atoms with van der Waals surface area (Å²) < 4.78 is 5.30. The van der Waals surface area contributed by atoms with E-state index in [-0.39, 0.29) is 11.9 Å². The molecule has 0 bridgehead atoms. The minimum absolute atomic E-state index is 0.168. The molecule has 9 heteroatoms. The predicted octanol–water partition coefficient (Wildman–Crippen LogP) is 3.35. The van der Waals surface area contributed by atoms with Gasteiger partial charge in [0.25, 0.3) is 0 Å². The highest BCUT2D eigenvalue weighted by molar-refractivity contribution is 5.95. The average molecular weight is 491 g/mol. The molecule has 9 nitrogen and oxygen atoms in total. The lowest BCUT2D eigenvalue weighted by Crippen LogP contribution is -2.60. The van der Waals surface area contributed by atoms with E-state index >= 15 is 0 Å². The molecule has 2 atom stereocenters. The number of nitrogens with two attached hydrogens (primary N) is 1. The van der Waals surface area contributed by atoms with Gasteiger partial charge in [0.1, 0.15) is 17.7 Å². The first-order valence-electron chi connectivity index (χ1n) is 12.0. The average Bonchev–Trinajstić information content (AvgIpc) is 2.69. The van der Waals surface area contributed by atoms with Crippen molar-refractivity contribution >= 4 is 23.8 Å². The number of alkyl carbamates (subject to hydrolysis) is 1. The quantitative estimate of drug-likeness (QED) is 0.463. The van der Waals surface area contributed by atoms with Crippen LogP contribution in [0, 0.1) is 6.92 Å². The fourth-order valence-electron chi connectivity index (χ4n) is 3.49. The Morgan fingerprint density at radius 3 is 1.97 bits per heavy atom. The molecule has 0 aliphatic rings. The lowest BCUT2D eigenvalue weighted by Gasteiger charge is -2.44. The molecule has 0 spiro atoms. The van der Waals surface area contributed by atoms with Crippen molar-refractivity contribution in [3.8, 4) is 0 Å². The third-order valence-electron chi connectivity index (χ3n) is 5.48. The van der Waals surface area contributed by atoms with Gasteiger partial charge >= 0.3 is 6.09 Å². The summed E-state index contributed by atoms with van der Waals surface area (Å²) in [6.07, 6.45) is -0.795. The molecule has 1 aromatic carbocycles. The van der Waals surface area contributed by atoms with Crippen LogP contribution >= 0.6 is 0 Å². The number of primary amides is 1. The fraction of sp³-hybridized carbons (Fsp3) is 0.615. The molecule has 0 aliphatic carbocycles. The highest BCUT2D eigenvalue weighted by Crippen LogP contribution is 2.32. The van der Waals surface area contributed by atoms with E-state index < -0.39 is 47.6 Å². The Morgan fingerprint density at radius 2 is 1.54 bits per heavy atom. The van der Waals surface area contributed by atoms with E-state index in [0.29, 0.717) is 12.0 Å². The Kier molecular flexibility index (Phi) is 10.3. The predicted molar refractivity (Wildman–Crippen MR) is 135 cm³/mol. The Hall–Kier alpha value is -3.10. The molecule has 0 heterocycles. The van der Waals surface area contributed by atoms with Crippen molar-refractivity contribution < 1.29 is 23.9 Å². The van der Waals surface area contributed by atoms with Crippen LogP contribution in [0.25, 0.3) is 0 Å². The molecule has 1 aromatic rings. The largest absolute Gasteiger partial charge is 0.444 e. The van der Waals surface area contributed by atoms with Crippen molar-refractivity contribution in [1.82, 2.24) is 15.5 Å². The van der Waals surface area contributed by atoms with Crippen LogP contribution in [0.4, 0.5) is 4.79 Å². The Balaban J connectivity index is 3.62. The number of carbonyl (C=O) groups is 4. The number of hydrogen-bond acceptors (Lipinski definition) is 5. The third kappa shape index (κ3) is 9.22. The molecular formula is C26H42N4O5. The Morgan fingerprint density at radius 1 is 1.00 bits per heavy atom. The van der Waals surface area contributed by atoms with Gasteiger partial charge in [-0.3, -0.25) is 14.4 Å². The molecule has 0 saturated heterocycles. The van der Waals surface area contributed by atoms with E-state index in [1.165, 1.54) is 4.90 Å². The first-order valence-corrected chi connectivity index (χ1v) is 12.0. The maximum absolute atomic E-state index is 14.0. The van der Waals surface area contributed by atoms with Gasteiger partial charge in [0, 0.05) is 11.6 Å². The first-order chi connectivity index (χ1) is 16.0. The van der Waals surface area contributed by atoms with Crippen LogP contribution in [0.5, 0.6) is 0 Å². The van der Waals surface area contributed by atoms with E-state index in [1.54, 1.807) is 32.9 Å². The molecule has 0 aliphatic heterocycles. The fourth-order valence-corrected chi connectivity index (χ4v) is 3.49. The summed E-state index contributed by atoms with van der Waals surface area (Å²) in [5, 5.41) is 5.39. The number of nitrogens with zero attached hydrogens (tertiary/aromatic N) is 1. The molecule has 0 radical (unpaired) electrons. The molecule has 4 amide bonds. The number of rotatable bonds is 10. The van der Waals surface area contributed by atoms with Crippen molar-refractivity contribution in [2.24, 2.45) is 5.73 Å². The standard InChI is InChI=1S/C26H42N4O5/c1-10-26(8,9)30(21(22(32)28-16(2)3)18-13-11-17(4)12-14-18)23(33)19(15-20(27)31)29-24(34)35-25(5,6)7/h11-14,16,19,21H,10,15H2,1-9H3,(H2,27,31)(H,28,32)(H,29,34). The molecule has 0 saturated carbocycles. The zero-order valence-corrected chi connectivity index (χ0v) is 22.5. The number of ether oxygens (including phenoxy) is 1. The van der Waals surface area contributed by atoms with Gasteiger partial charge in [-0.05, 0) is 67.4 Å². The van der Waals surface area contributed by atoms with Crippen molar-refractivity contribution in [3.05, 3.63) is 35.4 Å². The van der Waals surface area contributed by atoms with Crippen LogP contribution in [0.2, 0.25) is 0 Å². The first kappa shape index (κ1) is 29.9. The van der Waals surface area contributed by atoms with Crippen LogP contribution in [0.15, 0.2) is 24.3 Å². The number of aryl methyl sites for hydroxylation is 1. The van der Waals surface area contributed by atoms with E-state index in [9.17, 15) is 19.2 Å². The van der Waals surface area contributed by atoms with E-state index in [0.717, 1.165) is 5.56 Å². The zero-order chi connectivity index (χ0) is 27.1. The highest BCUT2D eigenvalue weighted by Gasteiger charge is 2.43. The number of nitrogens with one attached hydrogen (secondary N) is 2. The summed E-state index contributed by atoms with van der Waals surface area (Å²) in [4.78, 5) is 53.3. The van der Waals surface area contributed by atoms with Crippen molar-refractivity contribution in [3.63, 3.8) is 0 Å². The highest BCUT2D eigenvalue weighted by atomic mass is 16.6. The van der Waals surface area contributed by atoms with Crippen LogP contribution in [-0.2, 0) is 19.1 Å². The number of benzene rings is 1. The van der Waals surface area contributed by atoms with Crippen LogP contribution in [-0.4, -0.2) is 51.9 Å². The lowest BCUT2D eigenvalue weighted by molar-refractivity contribution is -0.150. The smallest absolute Gasteiger partial charge is 0.408 e. The minimum atomic E-state index is -1.31. The zero-order valence-electron chi connectivity index (χ0n) is 22.5. The van der Waals surface area contributed by atoms with E-state index in [2.05, 4.69) is 10.6 Å². The molecule has 4 N–H and O–H groups in total. The van der Waals surface area contributed by atoms with Gasteiger partial charge in [-0.2, -0.15) is 0 Å². The summed E-state index contributed by atoms with van der Waals surface area (Å²) in [5.41, 5.74) is 5.41. The summed E-state index contributed by atoms with van der Waals surface area (Å²) in [5.74, 6) is -1.74. The summed E-state index contributed by atoms with van der Waals surface area (Å²) in [7, 11) is 0. The molecule has 0 fully saturated rings. The van der Waals surface area contributed by atoms with Gasteiger partial charge in [-0.15, -0.1) is 0 Å². The van der Waals surface area contributed by atoms with Crippen molar-refractivity contribution in [2.45, 2.75) is 104 Å². The van der Waals surface area contributed by atoms with Gasteiger partial charge in [0.2, 0.25) is 17.7 Å². The van der Waals surface area contributed by atoms with E-state index in [1.807, 2.05) is 53.7 Å². The van der Waals surface area contributed by atoms with Gasteiger partial charge in [-0.1, -0.05) is 36.8 Å². The monoisotopic (exact) mass is 490 g/mol. The molecule has 196 valence electrons. The van der Waals surface area contributed by atoms with E-state index in [4.69, 9.17) is 10.5 Å². The van der Waals surface area contributed by atoms with Gasteiger partial charge in [0.05, 0.1) is 6.42 Å². The Labute approximate surface area is 209 Å². The van der Waals surface area contributed by atoms with Crippen LogP contribution < -0.4 is 16.4 Å². The van der Waals surface area contributed by atoms with Crippen molar-refractivity contribution in [2.75, 3.05) is 0 Å². The van der Waals surface area contributed by atoms with Gasteiger partial charge < -0.3 is 26.0 Å². The summed E-state index contributed by atoms with van der Waals surface area (Å²) in [6, 6.07) is 4.86. The second-order valence-corrected chi connectivity index (χ2v) is 10.7. The minimum Gasteiger partial charge on any atom is -0.444 e. The molecule has 0 aromatic heterocycles. The maximum Gasteiger partial charge on any atom is 0.408 e. The van der Waals surface area contributed by atoms with Crippen LogP contribution in [0.3, 0.4) is 0 Å². The third-order valence-corrected chi connectivity index (χ3v) is 5.48. The van der Waals surface area contributed by atoms with Gasteiger partial charge in [-0.25, -0.2) is 4.79 Å². The second kappa shape index (κ2) is 12.0. The van der Waals surface area contributed by atoms with Crippen LogP contribution in [0.1, 0.15) is 85.4 Å². The molecule has 1 rings (SSSR count). The molecule has 2 unspecified atom stereocenters. The SMILES string of the molecule is CCC(C)(C)N(C(=O)C(CC(N)=O)NC(=O)OC(C)(C)C)C(C(=O)NC(C)C)c1ccc(C)cc1.